The number of nitrogens with two attached hydrogens (primary N) is 1. The van der Waals surface area contributed by atoms with Crippen molar-refractivity contribution in [2.45, 2.75) is 27.7 Å². The van der Waals surface area contributed by atoms with Crippen molar-refractivity contribution in [1.29, 1.82) is 0 Å². The Labute approximate surface area is 136 Å². The highest BCUT2D eigenvalue weighted by molar-refractivity contribution is 5.75. The van der Waals surface area contributed by atoms with E-state index in [1.807, 2.05) is 13.8 Å². The fourth-order valence-electron chi connectivity index (χ4n) is 0.380. The molecule has 0 bridgehead atoms. The third-order valence-electron chi connectivity index (χ3n) is 0.822. The first-order valence-corrected chi connectivity index (χ1v) is 5.78. The Balaban J connectivity index is -0.000000199. The molecule has 1 amide bonds. The van der Waals surface area contributed by atoms with Crippen LogP contribution in [0.3, 0.4) is 0 Å². The molecule has 0 aliphatic rings. The fraction of sp³-hybridized carbons (Fsp3) is 0.211. The van der Waals surface area contributed by atoms with Gasteiger partial charge in [-0.1, -0.05) is 19.8 Å². The van der Waals surface area contributed by atoms with E-state index in [9.17, 15) is 4.79 Å². The van der Waals surface area contributed by atoms with Crippen LogP contribution in [0.1, 0.15) is 27.7 Å². The minimum absolute atomic E-state index is 0. The van der Waals surface area contributed by atoms with E-state index >= 15 is 0 Å². The third kappa shape index (κ3) is 55.0. The molecule has 3 radical (unpaired) electrons. The van der Waals surface area contributed by atoms with Crippen LogP contribution in [0.15, 0.2) is 0 Å². The summed E-state index contributed by atoms with van der Waals surface area (Å²) >= 11 is 0. The van der Waals surface area contributed by atoms with E-state index in [0.29, 0.717) is 0 Å². The molecule has 0 saturated heterocycles. The highest BCUT2D eigenvalue weighted by atomic mass is 16.1. The number of carbonyl (C=O) groups excluding carboxylic acids is 1. The van der Waals surface area contributed by atoms with Gasteiger partial charge in [-0.15, -0.1) is 6.42 Å². The highest BCUT2D eigenvalue weighted by Crippen LogP contribution is 1.56. The zero-order chi connectivity index (χ0) is 16.8. The van der Waals surface area contributed by atoms with Gasteiger partial charge in [0.05, 0.1) is 0 Å². The first-order chi connectivity index (χ1) is 10.1. The Bertz CT molecular complexity index is 712. The normalized spacial score (nSPS) is 3.95. The summed E-state index contributed by atoms with van der Waals surface area (Å²) in [4.78, 5) is 9.22. The van der Waals surface area contributed by atoms with Gasteiger partial charge in [0.1, 0.15) is 0 Å². The van der Waals surface area contributed by atoms with Crippen LogP contribution < -0.4 is 5.73 Å². The van der Waals surface area contributed by atoms with Crippen LogP contribution >= 0.6 is 0 Å². The minimum Gasteiger partial charge on any atom is -0.370 e. The lowest BCUT2D eigenvalue weighted by atomic mass is 10.5. The van der Waals surface area contributed by atoms with Crippen molar-refractivity contribution in [3.05, 3.63) is 0 Å². The van der Waals surface area contributed by atoms with Gasteiger partial charge in [0.15, 0.2) is 0 Å². The SMILES string of the molecule is C#CC#CC#CC#CC#CC#CC#CC.CC.CC(N)=O.[B]. The zero-order valence-corrected chi connectivity index (χ0v) is 13.1. The first-order valence-electron chi connectivity index (χ1n) is 5.78. The zero-order valence-electron chi connectivity index (χ0n) is 13.1. The Morgan fingerprint density at radius 2 is 1.00 bits per heavy atom. The number of terminal acetylenes is 1. The predicted octanol–water partition coefficient (Wildman–Crippen LogP) is 0.797. The van der Waals surface area contributed by atoms with Crippen LogP contribution in [0.5, 0.6) is 0 Å². The second-order valence-corrected chi connectivity index (χ2v) is 2.38. The minimum atomic E-state index is -0.333. The van der Waals surface area contributed by atoms with Gasteiger partial charge in [-0.3, -0.25) is 4.79 Å². The lowest BCUT2D eigenvalue weighted by Crippen LogP contribution is -2.01. The lowest BCUT2D eigenvalue weighted by Gasteiger charge is -1.60. The molecule has 2 N–H and O–H groups in total. The summed E-state index contributed by atoms with van der Waals surface area (Å²) in [6.45, 7) is 7.01. The van der Waals surface area contributed by atoms with Crippen molar-refractivity contribution >= 4 is 14.3 Å². The molecule has 0 aromatic carbocycles. The van der Waals surface area contributed by atoms with Crippen LogP contribution in [-0.2, 0) is 4.79 Å². The molecule has 0 unspecified atom stereocenters. The quantitative estimate of drug-likeness (QED) is 0.519. The number of rotatable bonds is 0. The summed E-state index contributed by atoms with van der Waals surface area (Å²) in [5, 5.41) is 0. The standard InChI is InChI=1S/C15H4.C2H5NO.C2H6.B/c1-3-5-7-9-11-13-15-14-12-10-8-6-4-2;1-2(3)4;1-2;/h1H,2H3;1H3,(H2,3,4);1-2H3;. The summed E-state index contributed by atoms with van der Waals surface area (Å²) in [7, 11) is 0. The highest BCUT2D eigenvalue weighted by Gasteiger charge is 1.61. The summed E-state index contributed by atoms with van der Waals surface area (Å²) in [5.41, 5.74) is 4.47. The van der Waals surface area contributed by atoms with Crippen molar-refractivity contribution < 1.29 is 4.79 Å². The summed E-state index contributed by atoms with van der Waals surface area (Å²) in [6, 6.07) is 0. The summed E-state index contributed by atoms with van der Waals surface area (Å²) in [5.74, 6) is 31.6. The smallest absolute Gasteiger partial charge is 0.214 e. The van der Waals surface area contributed by atoms with E-state index in [2.05, 4.69) is 82.7 Å². The Morgan fingerprint density at radius 1 is 0.773 bits per heavy atom. The molecule has 0 saturated carbocycles. The topological polar surface area (TPSA) is 43.1 Å². The molecule has 0 heterocycles. The number of hydrogen-bond acceptors (Lipinski definition) is 1. The van der Waals surface area contributed by atoms with E-state index in [4.69, 9.17) is 6.42 Å². The molecule has 0 rings (SSSR count). The van der Waals surface area contributed by atoms with E-state index in [1.165, 1.54) is 6.92 Å². The molecule has 0 aliphatic heterocycles. The summed E-state index contributed by atoms with van der Waals surface area (Å²) in [6.07, 6.45) is 4.87. The van der Waals surface area contributed by atoms with E-state index < -0.39 is 0 Å². The van der Waals surface area contributed by atoms with E-state index in [-0.39, 0.29) is 14.3 Å². The maximum absolute atomic E-state index is 9.22. The molecule has 22 heavy (non-hydrogen) atoms. The number of primary amides is 1. The lowest BCUT2D eigenvalue weighted by molar-refractivity contribution is -0.115. The maximum Gasteiger partial charge on any atom is 0.214 e. The Kier molecular flexibility index (Phi) is 37.3. The van der Waals surface area contributed by atoms with Crippen LogP contribution in [0.25, 0.3) is 0 Å². The van der Waals surface area contributed by atoms with Crippen LogP contribution in [0, 0.1) is 83.4 Å². The molecule has 0 fully saturated rings. The van der Waals surface area contributed by atoms with Crippen molar-refractivity contribution in [1.82, 2.24) is 0 Å². The molecule has 0 aromatic rings. The molecule has 3 heteroatoms. The first kappa shape index (κ1) is 26.9. The van der Waals surface area contributed by atoms with E-state index in [1.54, 1.807) is 6.92 Å². The second-order valence-electron chi connectivity index (χ2n) is 2.38. The average molecular weight is 284 g/mol. The molecule has 0 aliphatic carbocycles. The molecule has 0 spiro atoms. The second kappa shape index (κ2) is 30.5. The predicted molar refractivity (Wildman–Crippen MR) is 93.1 cm³/mol. The van der Waals surface area contributed by atoms with Gasteiger partial charge in [-0.05, 0) is 78.0 Å². The number of hydrogen-bond donors (Lipinski definition) is 1. The fourth-order valence-corrected chi connectivity index (χ4v) is 0.380. The van der Waals surface area contributed by atoms with Gasteiger partial charge in [-0.25, -0.2) is 0 Å². The summed E-state index contributed by atoms with van der Waals surface area (Å²) < 4.78 is 0. The Hall–Kier alpha value is -3.55. The number of carbonyl (C=O) groups is 1. The van der Waals surface area contributed by atoms with Crippen LogP contribution in [-0.4, -0.2) is 14.3 Å². The van der Waals surface area contributed by atoms with Gasteiger partial charge in [0, 0.05) is 15.3 Å². The third-order valence-corrected chi connectivity index (χ3v) is 0.822. The van der Waals surface area contributed by atoms with Crippen LogP contribution in [0.4, 0.5) is 0 Å². The maximum atomic E-state index is 9.22. The van der Waals surface area contributed by atoms with Crippen molar-refractivity contribution in [3.8, 4) is 83.4 Å². The molecule has 0 aromatic heterocycles. The van der Waals surface area contributed by atoms with Crippen molar-refractivity contribution in [2.75, 3.05) is 0 Å². The molecular formula is C19H15BNO. The van der Waals surface area contributed by atoms with Gasteiger partial charge in [0.25, 0.3) is 0 Å². The van der Waals surface area contributed by atoms with Gasteiger partial charge >= 0.3 is 0 Å². The number of amides is 1. The molecule has 105 valence electrons. The largest absolute Gasteiger partial charge is 0.370 e. The van der Waals surface area contributed by atoms with Gasteiger partial charge in [0.2, 0.25) is 5.91 Å². The molecular weight excluding hydrogens is 269 g/mol. The monoisotopic (exact) mass is 284 g/mol. The van der Waals surface area contributed by atoms with Crippen molar-refractivity contribution in [3.63, 3.8) is 0 Å². The van der Waals surface area contributed by atoms with Gasteiger partial charge < -0.3 is 5.73 Å². The molecule has 0 atom stereocenters. The average Bonchev–Trinajstić information content (AvgIpc) is 2.46. The van der Waals surface area contributed by atoms with Gasteiger partial charge in [-0.2, -0.15) is 0 Å². The molecule has 2 nitrogen and oxygen atoms in total. The van der Waals surface area contributed by atoms with E-state index in [0.717, 1.165) is 0 Å². The Morgan fingerprint density at radius 3 is 1.23 bits per heavy atom. The van der Waals surface area contributed by atoms with Crippen molar-refractivity contribution in [2.24, 2.45) is 5.73 Å². The van der Waals surface area contributed by atoms with Crippen LogP contribution in [0.2, 0.25) is 0 Å².